The fourth-order valence-electron chi connectivity index (χ4n) is 1.91. The number of hydrogen-bond acceptors (Lipinski definition) is 2. The van der Waals surface area contributed by atoms with E-state index in [1.165, 1.54) is 0 Å². The van der Waals surface area contributed by atoms with Crippen molar-refractivity contribution in [2.75, 3.05) is 5.32 Å². The van der Waals surface area contributed by atoms with Gasteiger partial charge in [0, 0.05) is 4.47 Å². The summed E-state index contributed by atoms with van der Waals surface area (Å²) < 4.78 is 0.878. The van der Waals surface area contributed by atoms with Gasteiger partial charge in [0.15, 0.2) is 0 Å². The summed E-state index contributed by atoms with van der Waals surface area (Å²) in [6.45, 7) is 1.74. The first kappa shape index (κ1) is 14.9. The minimum atomic E-state index is -1.05. The van der Waals surface area contributed by atoms with E-state index in [1.54, 1.807) is 13.0 Å². The molecule has 2 aromatic rings. The summed E-state index contributed by atoms with van der Waals surface area (Å²) >= 11 is 9.53. The van der Waals surface area contributed by atoms with Gasteiger partial charge >= 0.3 is 0 Å². The maximum absolute atomic E-state index is 11.9. The maximum atomic E-state index is 11.9. The Morgan fingerprint density at radius 2 is 1.95 bits per heavy atom. The molecule has 0 spiro atoms. The zero-order chi connectivity index (χ0) is 14.8. The van der Waals surface area contributed by atoms with Crippen molar-refractivity contribution in [1.82, 2.24) is 0 Å². The summed E-state index contributed by atoms with van der Waals surface area (Å²) in [6.07, 6.45) is 0. The lowest BCUT2D eigenvalue weighted by atomic mass is 9.91. The van der Waals surface area contributed by atoms with Crippen molar-refractivity contribution < 1.29 is 4.79 Å². The van der Waals surface area contributed by atoms with E-state index in [4.69, 9.17) is 17.3 Å². The molecule has 1 amide bonds. The van der Waals surface area contributed by atoms with Gasteiger partial charge in [-0.2, -0.15) is 0 Å². The van der Waals surface area contributed by atoms with Crippen LogP contribution in [0.3, 0.4) is 0 Å². The molecular weight excluding hydrogens is 340 g/mol. The largest absolute Gasteiger partial charge is 0.367 e. The van der Waals surface area contributed by atoms with E-state index in [1.807, 2.05) is 42.5 Å². The number of anilines is 1. The fourth-order valence-corrected chi connectivity index (χ4v) is 2.49. The number of hydrogen-bond donors (Lipinski definition) is 2. The van der Waals surface area contributed by atoms with Gasteiger partial charge in [-0.3, -0.25) is 4.79 Å². The minimum absolute atomic E-state index is 0.476. The Morgan fingerprint density at radius 1 is 1.25 bits per heavy atom. The van der Waals surface area contributed by atoms with Crippen molar-refractivity contribution >= 4 is 39.1 Å². The molecule has 0 fully saturated rings. The summed E-state index contributed by atoms with van der Waals surface area (Å²) in [5, 5.41) is 3.68. The molecular formula is C15H14BrClN2O. The monoisotopic (exact) mass is 352 g/mol. The number of para-hydroxylation sites is 1. The third-order valence-corrected chi connectivity index (χ3v) is 3.98. The summed E-state index contributed by atoms with van der Waals surface area (Å²) in [4.78, 5) is 11.9. The van der Waals surface area contributed by atoms with Crippen molar-refractivity contribution in [1.29, 1.82) is 0 Å². The van der Waals surface area contributed by atoms with Gasteiger partial charge in [0.25, 0.3) is 0 Å². The number of nitrogens with two attached hydrogens (primary N) is 1. The Hall–Kier alpha value is -1.52. The molecule has 1 unspecified atom stereocenters. The van der Waals surface area contributed by atoms with Gasteiger partial charge in [-0.05, 0) is 36.8 Å². The third kappa shape index (κ3) is 2.97. The minimum Gasteiger partial charge on any atom is -0.367 e. The third-order valence-electron chi connectivity index (χ3n) is 3.15. The van der Waals surface area contributed by atoms with Crippen LogP contribution >= 0.6 is 27.5 Å². The van der Waals surface area contributed by atoms with Gasteiger partial charge in [-0.25, -0.2) is 0 Å². The van der Waals surface area contributed by atoms with Gasteiger partial charge in [-0.15, -0.1) is 0 Å². The molecule has 0 heterocycles. The van der Waals surface area contributed by atoms with Crippen LogP contribution < -0.4 is 11.1 Å². The van der Waals surface area contributed by atoms with Crippen LogP contribution in [0.2, 0.25) is 5.02 Å². The first-order chi connectivity index (χ1) is 9.43. The lowest BCUT2D eigenvalue weighted by Gasteiger charge is -2.29. The predicted molar refractivity (Wildman–Crippen MR) is 85.8 cm³/mol. The Labute approximate surface area is 131 Å². The quantitative estimate of drug-likeness (QED) is 0.875. The molecule has 2 aromatic carbocycles. The SMILES string of the molecule is CC(Nc1ccccc1Cl)(C(N)=O)c1cccc(Br)c1. The summed E-state index contributed by atoms with van der Waals surface area (Å²) in [5.41, 5.74) is 5.97. The van der Waals surface area contributed by atoms with E-state index >= 15 is 0 Å². The summed E-state index contributed by atoms with van der Waals surface area (Å²) in [5.74, 6) is -0.476. The standard InChI is InChI=1S/C15H14BrClN2O/c1-15(14(18)20,10-5-4-6-11(16)9-10)19-13-8-3-2-7-12(13)17/h2-9,19H,1H3,(H2,18,20). The molecule has 2 rings (SSSR count). The van der Waals surface area contributed by atoms with Crippen LogP contribution in [-0.2, 0) is 10.3 Å². The van der Waals surface area contributed by atoms with Gasteiger partial charge < -0.3 is 11.1 Å². The van der Waals surface area contributed by atoms with Gasteiger partial charge in [0.2, 0.25) is 5.91 Å². The zero-order valence-electron chi connectivity index (χ0n) is 10.9. The summed E-state index contributed by atoms with van der Waals surface area (Å²) in [7, 11) is 0. The first-order valence-electron chi connectivity index (χ1n) is 6.02. The van der Waals surface area contributed by atoms with Crippen molar-refractivity contribution in [2.24, 2.45) is 5.73 Å². The molecule has 0 aliphatic heterocycles. The molecule has 0 aliphatic carbocycles. The lowest BCUT2D eigenvalue weighted by Crippen LogP contribution is -2.45. The molecule has 20 heavy (non-hydrogen) atoms. The van der Waals surface area contributed by atoms with Crippen LogP contribution in [0.25, 0.3) is 0 Å². The highest BCUT2D eigenvalue weighted by atomic mass is 79.9. The van der Waals surface area contributed by atoms with E-state index < -0.39 is 11.4 Å². The number of rotatable bonds is 4. The van der Waals surface area contributed by atoms with Crippen LogP contribution in [0, 0.1) is 0 Å². The predicted octanol–water partition coefficient (Wildman–Crippen LogP) is 3.92. The number of nitrogens with one attached hydrogen (secondary N) is 1. The Morgan fingerprint density at radius 3 is 2.55 bits per heavy atom. The lowest BCUT2D eigenvalue weighted by molar-refractivity contribution is -0.122. The average molecular weight is 354 g/mol. The van der Waals surface area contributed by atoms with E-state index in [-0.39, 0.29) is 0 Å². The molecule has 104 valence electrons. The van der Waals surface area contributed by atoms with E-state index in [0.717, 1.165) is 10.0 Å². The number of primary amides is 1. The molecule has 3 N–H and O–H groups in total. The smallest absolute Gasteiger partial charge is 0.247 e. The van der Waals surface area contributed by atoms with E-state index in [0.29, 0.717) is 10.7 Å². The second-order valence-corrected chi connectivity index (χ2v) is 5.93. The fraction of sp³-hybridized carbons (Fsp3) is 0.133. The van der Waals surface area contributed by atoms with Crippen LogP contribution in [0.1, 0.15) is 12.5 Å². The molecule has 0 aromatic heterocycles. The topological polar surface area (TPSA) is 55.1 Å². The molecule has 0 aliphatic rings. The first-order valence-corrected chi connectivity index (χ1v) is 7.19. The Kier molecular flexibility index (Phi) is 4.35. The highest BCUT2D eigenvalue weighted by Crippen LogP contribution is 2.31. The van der Waals surface area contributed by atoms with E-state index in [9.17, 15) is 4.79 Å². The number of carbonyl (C=O) groups excluding carboxylic acids is 1. The number of carbonyl (C=O) groups is 1. The van der Waals surface area contributed by atoms with Crippen molar-refractivity contribution in [3.63, 3.8) is 0 Å². The highest BCUT2D eigenvalue weighted by molar-refractivity contribution is 9.10. The number of benzene rings is 2. The highest BCUT2D eigenvalue weighted by Gasteiger charge is 2.33. The second-order valence-electron chi connectivity index (χ2n) is 4.60. The van der Waals surface area contributed by atoms with Crippen LogP contribution in [0.4, 0.5) is 5.69 Å². The molecule has 0 saturated carbocycles. The summed E-state index contributed by atoms with van der Waals surface area (Å²) in [6, 6.07) is 14.7. The van der Waals surface area contributed by atoms with E-state index in [2.05, 4.69) is 21.2 Å². The zero-order valence-corrected chi connectivity index (χ0v) is 13.2. The molecule has 5 heteroatoms. The Balaban J connectivity index is 2.46. The van der Waals surface area contributed by atoms with Crippen LogP contribution in [0.15, 0.2) is 53.0 Å². The van der Waals surface area contributed by atoms with Crippen molar-refractivity contribution in [3.05, 3.63) is 63.6 Å². The Bertz CT molecular complexity index is 647. The number of amides is 1. The van der Waals surface area contributed by atoms with Gasteiger partial charge in [0.1, 0.15) is 5.54 Å². The molecule has 0 bridgehead atoms. The maximum Gasteiger partial charge on any atom is 0.247 e. The van der Waals surface area contributed by atoms with Crippen LogP contribution in [0.5, 0.6) is 0 Å². The van der Waals surface area contributed by atoms with Crippen LogP contribution in [-0.4, -0.2) is 5.91 Å². The van der Waals surface area contributed by atoms with Crippen molar-refractivity contribution in [3.8, 4) is 0 Å². The molecule has 3 nitrogen and oxygen atoms in total. The molecule has 1 atom stereocenters. The van der Waals surface area contributed by atoms with Gasteiger partial charge in [0.05, 0.1) is 10.7 Å². The number of halogens is 2. The molecule has 0 saturated heterocycles. The average Bonchev–Trinajstić information content (AvgIpc) is 2.41. The molecule has 0 radical (unpaired) electrons. The normalized spacial score (nSPS) is 13.6. The second kappa shape index (κ2) is 5.85. The van der Waals surface area contributed by atoms with Gasteiger partial charge in [-0.1, -0.05) is 51.8 Å². The van der Waals surface area contributed by atoms with Crippen molar-refractivity contribution in [2.45, 2.75) is 12.5 Å².